The predicted molar refractivity (Wildman–Crippen MR) is 136 cm³/mol. The number of hydrogen-bond acceptors (Lipinski definition) is 6. The third-order valence-electron chi connectivity index (χ3n) is 6.30. The molecule has 0 radical (unpaired) electrons. The van der Waals surface area contributed by atoms with Crippen molar-refractivity contribution in [1.82, 2.24) is 9.80 Å². The molecule has 0 saturated carbocycles. The van der Waals surface area contributed by atoms with Crippen LogP contribution in [0.1, 0.15) is 46.4 Å². The molecule has 6 nitrogen and oxygen atoms in total. The summed E-state index contributed by atoms with van der Waals surface area (Å²) in [5.41, 5.74) is 1.12. The molecule has 2 aromatic heterocycles. The zero-order chi connectivity index (χ0) is 24.1. The van der Waals surface area contributed by atoms with Gasteiger partial charge in [0.2, 0.25) is 5.91 Å². The Hall–Kier alpha value is -2.84. The Morgan fingerprint density at radius 2 is 1.91 bits per heavy atom. The molecular formula is C26H30N2O4S2. The second-order valence-corrected chi connectivity index (χ2v) is 10.2. The molecule has 34 heavy (non-hydrogen) atoms. The molecule has 4 rings (SSSR count). The van der Waals surface area contributed by atoms with Gasteiger partial charge in [-0.3, -0.25) is 9.59 Å². The quantitative estimate of drug-likeness (QED) is 0.404. The number of amides is 2. The molecule has 8 heteroatoms. The number of benzene rings is 1. The number of carbonyl (C=O) groups is 2. The Balaban J connectivity index is 1.55. The van der Waals surface area contributed by atoms with Crippen LogP contribution in [0.25, 0.3) is 0 Å². The summed E-state index contributed by atoms with van der Waals surface area (Å²) in [6.07, 6.45) is 1.59. The van der Waals surface area contributed by atoms with Gasteiger partial charge < -0.3 is 19.3 Å². The van der Waals surface area contributed by atoms with E-state index in [4.69, 9.17) is 9.47 Å². The fraction of sp³-hybridized carbons (Fsp3) is 0.385. The van der Waals surface area contributed by atoms with Crippen LogP contribution in [0.15, 0.2) is 53.2 Å². The maximum atomic E-state index is 13.6. The van der Waals surface area contributed by atoms with Gasteiger partial charge in [0.05, 0.1) is 18.0 Å². The number of rotatable bonds is 9. The van der Waals surface area contributed by atoms with E-state index in [1.807, 2.05) is 60.5 Å². The Morgan fingerprint density at radius 3 is 2.62 bits per heavy atom. The van der Waals surface area contributed by atoms with Gasteiger partial charge in [0.1, 0.15) is 13.2 Å². The van der Waals surface area contributed by atoms with E-state index in [1.54, 1.807) is 23.3 Å². The standard InChI is InChI=1S/C26H30N2O4S2/c1-4-18(2)28(26(30)24-10-7-14-33-24)16-25(29)27-13-11-23-19(12-15-34-23)20(27)17-32-22-9-6-5-8-21(22)31-3/h5-10,12,14-15,18,20H,4,11,13,16-17H2,1-3H3/t18-,20+/m1/s1. The van der Waals surface area contributed by atoms with Gasteiger partial charge in [-0.2, -0.15) is 0 Å². The summed E-state index contributed by atoms with van der Waals surface area (Å²) in [6, 6.07) is 13.0. The number of hydrogen-bond donors (Lipinski definition) is 0. The van der Waals surface area contributed by atoms with E-state index in [1.165, 1.54) is 16.2 Å². The zero-order valence-corrected chi connectivity index (χ0v) is 21.4. The van der Waals surface area contributed by atoms with Crippen molar-refractivity contribution in [2.45, 2.75) is 38.8 Å². The largest absolute Gasteiger partial charge is 0.493 e. The third kappa shape index (κ3) is 5.13. The topological polar surface area (TPSA) is 59.1 Å². The number of carbonyl (C=O) groups excluding carboxylic acids is 2. The van der Waals surface area contributed by atoms with E-state index in [-0.39, 0.29) is 30.4 Å². The monoisotopic (exact) mass is 498 g/mol. The average Bonchev–Trinajstić information content (AvgIpc) is 3.57. The van der Waals surface area contributed by atoms with E-state index >= 15 is 0 Å². The van der Waals surface area contributed by atoms with Gasteiger partial charge in [0.25, 0.3) is 5.91 Å². The summed E-state index contributed by atoms with van der Waals surface area (Å²) in [5.74, 6) is 1.16. The van der Waals surface area contributed by atoms with Crippen molar-refractivity contribution in [1.29, 1.82) is 0 Å². The smallest absolute Gasteiger partial charge is 0.264 e. The van der Waals surface area contributed by atoms with Gasteiger partial charge in [0, 0.05) is 17.5 Å². The zero-order valence-electron chi connectivity index (χ0n) is 19.7. The van der Waals surface area contributed by atoms with Gasteiger partial charge in [-0.05, 0) is 60.4 Å². The van der Waals surface area contributed by atoms with Crippen LogP contribution in [0.5, 0.6) is 11.5 Å². The summed E-state index contributed by atoms with van der Waals surface area (Å²) >= 11 is 3.12. The number of para-hydroxylation sites is 2. The van der Waals surface area contributed by atoms with E-state index in [0.29, 0.717) is 29.5 Å². The van der Waals surface area contributed by atoms with Crippen LogP contribution in [0, 0.1) is 0 Å². The van der Waals surface area contributed by atoms with Gasteiger partial charge >= 0.3 is 0 Å². The Labute approximate surface area is 208 Å². The summed E-state index contributed by atoms with van der Waals surface area (Å²) in [7, 11) is 1.61. The summed E-state index contributed by atoms with van der Waals surface area (Å²) < 4.78 is 11.6. The first kappa shape index (κ1) is 24.3. The molecule has 0 fully saturated rings. The minimum atomic E-state index is -0.219. The normalized spacial score (nSPS) is 16.0. The Kier molecular flexibility index (Phi) is 7.90. The summed E-state index contributed by atoms with van der Waals surface area (Å²) in [5, 5.41) is 3.96. The lowest BCUT2D eigenvalue weighted by Gasteiger charge is -2.38. The highest BCUT2D eigenvalue weighted by molar-refractivity contribution is 7.12. The van der Waals surface area contributed by atoms with Gasteiger partial charge in [-0.15, -0.1) is 22.7 Å². The highest BCUT2D eigenvalue weighted by atomic mass is 32.1. The molecule has 180 valence electrons. The molecule has 3 aromatic rings. The molecule has 0 saturated heterocycles. The molecule has 3 heterocycles. The SMILES string of the molecule is CC[C@@H](C)N(CC(=O)N1CCc2sccc2[C@@H]1COc1ccccc1OC)C(=O)c1cccs1. The number of thiophene rings is 2. The summed E-state index contributed by atoms with van der Waals surface area (Å²) in [4.78, 5) is 32.3. The maximum Gasteiger partial charge on any atom is 0.264 e. The van der Waals surface area contributed by atoms with E-state index in [2.05, 4.69) is 11.4 Å². The molecule has 0 spiro atoms. The Bertz CT molecular complexity index is 1110. The molecule has 2 amide bonds. The first-order valence-corrected chi connectivity index (χ1v) is 13.2. The molecule has 1 aromatic carbocycles. The number of fused-ring (bicyclic) bond motifs is 1. The fourth-order valence-electron chi connectivity index (χ4n) is 4.21. The summed E-state index contributed by atoms with van der Waals surface area (Å²) in [6.45, 7) is 5.00. The lowest BCUT2D eigenvalue weighted by atomic mass is 10.00. The van der Waals surface area contributed by atoms with Crippen LogP contribution in [-0.4, -0.2) is 54.5 Å². The highest BCUT2D eigenvalue weighted by Crippen LogP contribution is 2.35. The molecule has 1 aliphatic heterocycles. The van der Waals surface area contributed by atoms with Crippen LogP contribution >= 0.6 is 22.7 Å². The van der Waals surface area contributed by atoms with E-state index < -0.39 is 0 Å². The second kappa shape index (κ2) is 11.1. The number of ether oxygens (including phenoxy) is 2. The minimum absolute atomic E-state index is 0.0386. The van der Waals surface area contributed by atoms with E-state index in [9.17, 15) is 9.59 Å². The van der Waals surface area contributed by atoms with Gasteiger partial charge in [-0.25, -0.2) is 0 Å². The predicted octanol–water partition coefficient (Wildman–Crippen LogP) is 5.26. The number of nitrogens with zero attached hydrogens (tertiary/aromatic N) is 2. The molecule has 0 bridgehead atoms. The minimum Gasteiger partial charge on any atom is -0.493 e. The van der Waals surface area contributed by atoms with Crippen LogP contribution in [0.4, 0.5) is 0 Å². The van der Waals surface area contributed by atoms with Crippen molar-refractivity contribution < 1.29 is 19.1 Å². The maximum absolute atomic E-state index is 13.6. The second-order valence-electron chi connectivity index (χ2n) is 8.28. The molecule has 2 atom stereocenters. The first-order chi connectivity index (χ1) is 16.5. The Morgan fingerprint density at radius 1 is 1.12 bits per heavy atom. The van der Waals surface area contributed by atoms with Crippen LogP contribution < -0.4 is 9.47 Å². The molecule has 0 unspecified atom stereocenters. The fourth-order valence-corrected chi connectivity index (χ4v) is 5.82. The highest BCUT2D eigenvalue weighted by Gasteiger charge is 2.34. The first-order valence-electron chi connectivity index (χ1n) is 11.5. The lowest BCUT2D eigenvalue weighted by molar-refractivity contribution is -0.136. The molecule has 1 aliphatic rings. The molecule has 0 aliphatic carbocycles. The van der Waals surface area contributed by atoms with Crippen molar-refractivity contribution in [3.05, 3.63) is 68.5 Å². The number of methoxy groups -OCH3 is 1. The van der Waals surface area contributed by atoms with Crippen LogP contribution in [0.2, 0.25) is 0 Å². The van der Waals surface area contributed by atoms with Crippen molar-refractivity contribution in [2.24, 2.45) is 0 Å². The van der Waals surface area contributed by atoms with Gasteiger partial charge in [-0.1, -0.05) is 25.1 Å². The van der Waals surface area contributed by atoms with Crippen molar-refractivity contribution in [3.8, 4) is 11.5 Å². The molecular weight excluding hydrogens is 468 g/mol. The third-order valence-corrected chi connectivity index (χ3v) is 8.16. The lowest BCUT2D eigenvalue weighted by Crippen LogP contribution is -2.49. The van der Waals surface area contributed by atoms with Crippen molar-refractivity contribution in [2.75, 3.05) is 26.8 Å². The van der Waals surface area contributed by atoms with Gasteiger partial charge in [0.15, 0.2) is 11.5 Å². The van der Waals surface area contributed by atoms with Crippen LogP contribution in [-0.2, 0) is 11.2 Å². The molecule has 0 N–H and O–H groups in total. The average molecular weight is 499 g/mol. The van der Waals surface area contributed by atoms with Crippen LogP contribution in [0.3, 0.4) is 0 Å². The van der Waals surface area contributed by atoms with E-state index in [0.717, 1.165) is 18.4 Å². The van der Waals surface area contributed by atoms with Crippen molar-refractivity contribution in [3.63, 3.8) is 0 Å². The van der Waals surface area contributed by atoms with Crippen molar-refractivity contribution >= 4 is 34.5 Å².